The molecule has 0 unspecified atom stereocenters. The van der Waals surface area contributed by atoms with E-state index in [1.807, 2.05) is 0 Å². The number of carbonyl (C=O) groups is 2. The van der Waals surface area contributed by atoms with Crippen LogP contribution in [0.5, 0.6) is 11.5 Å². The highest BCUT2D eigenvalue weighted by atomic mass is 16.5. The number of rotatable bonds is 13. The maximum absolute atomic E-state index is 11.9. The van der Waals surface area contributed by atoms with E-state index in [-0.39, 0.29) is 18.2 Å². The summed E-state index contributed by atoms with van der Waals surface area (Å²) in [5.41, 5.74) is 3.18. The summed E-state index contributed by atoms with van der Waals surface area (Å²) in [4.78, 5) is 23.8. The maximum Gasteiger partial charge on any atom is 0.240 e. The fourth-order valence-electron chi connectivity index (χ4n) is 3.80. The van der Waals surface area contributed by atoms with Crippen molar-refractivity contribution in [1.82, 2.24) is 10.7 Å². The van der Waals surface area contributed by atoms with E-state index in [0.717, 1.165) is 12.8 Å². The number of nitrogens with zero attached hydrogens (tertiary/aromatic N) is 1. The zero-order valence-electron chi connectivity index (χ0n) is 21.7. The highest BCUT2D eigenvalue weighted by molar-refractivity contribution is 5.86. The molecule has 7 heteroatoms. The summed E-state index contributed by atoms with van der Waals surface area (Å²) in [5, 5.41) is 7.01. The average molecular weight is 476 g/mol. The number of hydrazone groups is 1. The predicted octanol–water partition coefficient (Wildman–Crippen LogP) is 5.75. The van der Waals surface area contributed by atoms with E-state index in [4.69, 9.17) is 9.47 Å². The number of methoxy groups -OCH3 is 2. The Labute approximate surface area is 206 Å². The Morgan fingerprint density at radius 3 is 2.24 bits per heavy atom. The van der Waals surface area contributed by atoms with E-state index in [9.17, 15) is 9.59 Å². The lowest BCUT2D eigenvalue weighted by Gasteiger charge is -2.22. The summed E-state index contributed by atoms with van der Waals surface area (Å²) in [6.07, 6.45) is 15.4. The summed E-state index contributed by atoms with van der Waals surface area (Å²) < 4.78 is 10.4. The van der Waals surface area contributed by atoms with Crippen molar-refractivity contribution in [3.8, 4) is 11.5 Å². The smallest absolute Gasteiger partial charge is 0.240 e. The van der Waals surface area contributed by atoms with E-state index in [0.29, 0.717) is 35.9 Å². The van der Waals surface area contributed by atoms with Crippen molar-refractivity contribution in [3.05, 3.63) is 23.8 Å². The van der Waals surface area contributed by atoms with E-state index in [2.05, 4.69) is 29.7 Å². The first kappa shape index (κ1) is 29.5. The lowest BCUT2D eigenvalue weighted by Crippen LogP contribution is -2.36. The third kappa shape index (κ3) is 13.2. The molecule has 0 atom stereocenters. The fourth-order valence-corrected chi connectivity index (χ4v) is 3.80. The van der Waals surface area contributed by atoms with Crippen molar-refractivity contribution in [3.63, 3.8) is 0 Å². The number of hydrogen-bond donors (Lipinski definition) is 2. The van der Waals surface area contributed by atoms with Gasteiger partial charge in [-0.2, -0.15) is 5.10 Å². The summed E-state index contributed by atoms with van der Waals surface area (Å²) in [6, 6.07) is 5.63. The zero-order valence-corrected chi connectivity index (χ0v) is 21.7. The van der Waals surface area contributed by atoms with Crippen LogP contribution in [-0.2, 0) is 9.59 Å². The lowest BCUT2D eigenvalue weighted by molar-refractivity contribution is -0.123. The highest BCUT2D eigenvalue weighted by Crippen LogP contribution is 2.22. The van der Waals surface area contributed by atoms with Crippen molar-refractivity contribution in [2.45, 2.75) is 103 Å². The van der Waals surface area contributed by atoms with Gasteiger partial charge in [-0.15, -0.1) is 0 Å². The van der Waals surface area contributed by atoms with Gasteiger partial charge in [-0.1, -0.05) is 65.2 Å². The molecule has 2 amide bonds. The molecule has 0 aliphatic heterocycles. The van der Waals surface area contributed by atoms with Crippen LogP contribution in [0.4, 0.5) is 0 Å². The third-order valence-corrected chi connectivity index (χ3v) is 5.81. The van der Waals surface area contributed by atoms with Gasteiger partial charge >= 0.3 is 0 Å². The predicted molar refractivity (Wildman–Crippen MR) is 139 cm³/mol. The first-order chi connectivity index (χ1) is 16.5. The second kappa shape index (κ2) is 18.8. The monoisotopic (exact) mass is 475 g/mol. The quantitative estimate of drug-likeness (QED) is 0.216. The molecule has 34 heavy (non-hydrogen) atoms. The standard InChI is InChI=1S/C20H29N3O4.C7H16/c1-26-17-11-12-18(27-2)15(13-17)14-21-23-20(25)10-6-9-19(24)22-16-7-4-3-5-8-16;1-3-5-7-6-4-2/h11-14,16H,3-10H2,1-2H3,(H,22,24)(H,23,25);3-7H2,1-2H3/b21-14+;. The minimum absolute atomic E-state index is 0.0271. The second-order valence-electron chi connectivity index (χ2n) is 8.72. The number of ether oxygens (including phenoxy) is 2. The normalized spacial score (nSPS) is 13.6. The molecule has 2 rings (SSSR count). The number of hydrogen-bond acceptors (Lipinski definition) is 5. The summed E-state index contributed by atoms with van der Waals surface area (Å²) in [7, 11) is 3.14. The Balaban J connectivity index is 0.000000718. The maximum atomic E-state index is 11.9. The van der Waals surface area contributed by atoms with Gasteiger partial charge in [-0.05, 0) is 37.5 Å². The number of carbonyl (C=O) groups excluding carboxylic acids is 2. The number of unbranched alkanes of at least 4 members (excludes halogenated alkanes) is 4. The van der Waals surface area contributed by atoms with E-state index < -0.39 is 0 Å². The SMILES string of the molecule is CCCCCCC.COc1ccc(OC)c(/C=N/NC(=O)CCCC(=O)NC2CCCCC2)c1. The van der Waals surface area contributed by atoms with Crippen LogP contribution in [0.1, 0.15) is 103 Å². The van der Waals surface area contributed by atoms with Crippen LogP contribution >= 0.6 is 0 Å². The summed E-state index contributed by atoms with van der Waals surface area (Å²) in [5.74, 6) is 1.11. The lowest BCUT2D eigenvalue weighted by atomic mass is 9.95. The van der Waals surface area contributed by atoms with Crippen LogP contribution in [0.2, 0.25) is 0 Å². The molecule has 0 saturated heterocycles. The first-order valence-electron chi connectivity index (χ1n) is 12.9. The number of nitrogens with one attached hydrogen (secondary N) is 2. The molecule has 1 aliphatic carbocycles. The number of benzene rings is 1. The van der Waals surface area contributed by atoms with Gasteiger partial charge in [0.25, 0.3) is 0 Å². The first-order valence-corrected chi connectivity index (χ1v) is 12.9. The van der Waals surface area contributed by atoms with Crippen LogP contribution in [0.25, 0.3) is 0 Å². The molecule has 192 valence electrons. The van der Waals surface area contributed by atoms with E-state index in [1.165, 1.54) is 57.6 Å². The molecule has 0 aromatic heterocycles. The van der Waals surface area contributed by atoms with Crippen molar-refractivity contribution in [2.75, 3.05) is 14.2 Å². The Bertz CT molecular complexity index is 727. The fraction of sp³-hybridized carbons (Fsp3) is 0.667. The van der Waals surface area contributed by atoms with Gasteiger partial charge in [0.05, 0.1) is 20.4 Å². The van der Waals surface area contributed by atoms with Crippen molar-refractivity contribution in [1.29, 1.82) is 0 Å². The minimum atomic E-state index is -0.224. The second-order valence-corrected chi connectivity index (χ2v) is 8.72. The van der Waals surface area contributed by atoms with Crippen LogP contribution in [0, 0.1) is 0 Å². The van der Waals surface area contributed by atoms with Gasteiger partial charge in [0, 0.05) is 24.4 Å². The number of amides is 2. The van der Waals surface area contributed by atoms with E-state index in [1.54, 1.807) is 32.4 Å². The molecule has 0 bridgehead atoms. The molecular weight excluding hydrogens is 430 g/mol. The van der Waals surface area contributed by atoms with Crippen molar-refractivity contribution >= 4 is 18.0 Å². The Hall–Kier alpha value is -2.57. The Morgan fingerprint density at radius 1 is 0.941 bits per heavy atom. The van der Waals surface area contributed by atoms with Crippen LogP contribution < -0.4 is 20.2 Å². The molecule has 0 heterocycles. The van der Waals surface area contributed by atoms with Gasteiger partial charge in [-0.25, -0.2) is 5.43 Å². The molecule has 7 nitrogen and oxygen atoms in total. The highest BCUT2D eigenvalue weighted by Gasteiger charge is 2.15. The largest absolute Gasteiger partial charge is 0.497 e. The molecule has 1 fully saturated rings. The molecule has 0 radical (unpaired) electrons. The molecule has 0 spiro atoms. The van der Waals surface area contributed by atoms with Crippen LogP contribution in [0.15, 0.2) is 23.3 Å². The third-order valence-electron chi connectivity index (χ3n) is 5.81. The molecular formula is C27H45N3O4. The van der Waals surface area contributed by atoms with Crippen LogP contribution in [-0.4, -0.2) is 38.3 Å². The van der Waals surface area contributed by atoms with E-state index >= 15 is 0 Å². The summed E-state index contributed by atoms with van der Waals surface area (Å²) >= 11 is 0. The van der Waals surface area contributed by atoms with Gasteiger partial charge < -0.3 is 14.8 Å². The molecule has 1 saturated carbocycles. The van der Waals surface area contributed by atoms with Crippen molar-refractivity contribution < 1.29 is 19.1 Å². The Kier molecular flexibility index (Phi) is 16.3. The van der Waals surface area contributed by atoms with Crippen LogP contribution in [0.3, 0.4) is 0 Å². The Morgan fingerprint density at radius 2 is 1.62 bits per heavy atom. The van der Waals surface area contributed by atoms with Gasteiger partial charge in [-0.3, -0.25) is 9.59 Å². The van der Waals surface area contributed by atoms with Crippen molar-refractivity contribution in [2.24, 2.45) is 5.10 Å². The minimum Gasteiger partial charge on any atom is -0.497 e. The zero-order chi connectivity index (χ0) is 25.0. The summed E-state index contributed by atoms with van der Waals surface area (Å²) in [6.45, 7) is 4.49. The van der Waals surface area contributed by atoms with Gasteiger partial charge in [0.15, 0.2) is 0 Å². The topological polar surface area (TPSA) is 89.0 Å². The molecule has 1 aromatic carbocycles. The van der Waals surface area contributed by atoms with Gasteiger partial charge in [0.1, 0.15) is 11.5 Å². The molecule has 2 N–H and O–H groups in total. The van der Waals surface area contributed by atoms with Gasteiger partial charge in [0.2, 0.25) is 11.8 Å². The average Bonchev–Trinajstić information content (AvgIpc) is 2.85. The molecule has 1 aromatic rings. The molecule has 1 aliphatic rings.